The zero-order valence-corrected chi connectivity index (χ0v) is 20.5. The fourth-order valence-electron chi connectivity index (χ4n) is 4.53. The Balaban J connectivity index is 1.31. The molecule has 2 aliphatic rings. The molecule has 1 saturated carbocycles. The molecule has 11 heteroatoms. The number of carbonyl (C=O) groups is 2. The number of primary amides is 1. The standard InChI is InChI=1S/C25H31N9O2/c1-3-33-13-20(12-27-33)28-23-21(22(26)35)31-32-25(30-23)34-14-19(11-4-15(34)2)29-24(36)18-9-7-17(8-10-18)16-5-6-16/h7-10,12-13,15-16,19H,3-6,11,14H2,1-2H3,(H2,26,35)(H,29,36)(H,28,30,32)/t15-,19+/m0/s1. The van der Waals surface area contributed by atoms with Crippen LogP contribution in [0.3, 0.4) is 0 Å². The van der Waals surface area contributed by atoms with Gasteiger partial charge >= 0.3 is 0 Å². The van der Waals surface area contributed by atoms with Crippen molar-refractivity contribution < 1.29 is 9.59 Å². The van der Waals surface area contributed by atoms with Crippen molar-refractivity contribution in [1.82, 2.24) is 30.3 Å². The van der Waals surface area contributed by atoms with Crippen molar-refractivity contribution in [1.29, 1.82) is 0 Å². The van der Waals surface area contributed by atoms with Crippen LogP contribution in [0.15, 0.2) is 36.7 Å². The molecule has 0 bridgehead atoms. The maximum Gasteiger partial charge on any atom is 0.273 e. The van der Waals surface area contributed by atoms with Crippen molar-refractivity contribution >= 4 is 29.3 Å². The molecule has 0 radical (unpaired) electrons. The second-order valence-electron chi connectivity index (χ2n) is 9.53. The molecule has 1 aromatic carbocycles. The first kappa shape index (κ1) is 23.7. The van der Waals surface area contributed by atoms with Gasteiger partial charge in [0.25, 0.3) is 11.8 Å². The van der Waals surface area contributed by atoms with Crippen LogP contribution in [-0.4, -0.2) is 55.4 Å². The largest absolute Gasteiger partial charge is 0.364 e. The number of nitrogens with zero attached hydrogens (tertiary/aromatic N) is 6. The number of benzene rings is 1. The van der Waals surface area contributed by atoms with Gasteiger partial charge in [-0.15, -0.1) is 10.2 Å². The monoisotopic (exact) mass is 489 g/mol. The highest BCUT2D eigenvalue weighted by Gasteiger charge is 2.30. The summed E-state index contributed by atoms with van der Waals surface area (Å²) < 4.78 is 1.75. The summed E-state index contributed by atoms with van der Waals surface area (Å²) in [4.78, 5) is 31.4. The van der Waals surface area contributed by atoms with E-state index in [1.807, 2.05) is 24.0 Å². The molecule has 4 N–H and O–H groups in total. The lowest BCUT2D eigenvalue weighted by molar-refractivity contribution is 0.0929. The number of aryl methyl sites for hydroxylation is 1. The fraction of sp³-hybridized carbons (Fsp3) is 0.440. The third-order valence-corrected chi connectivity index (χ3v) is 6.82. The van der Waals surface area contributed by atoms with Crippen LogP contribution in [-0.2, 0) is 6.54 Å². The smallest absolute Gasteiger partial charge is 0.273 e. The van der Waals surface area contributed by atoms with E-state index >= 15 is 0 Å². The van der Waals surface area contributed by atoms with Gasteiger partial charge in [0.1, 0.15) is 0 Å². The number of hydrogen-bond acceptors (Lipinski definition) is 8. The van der Waals surface area contributed by atoms with Crippen LogP contribution >= 0.6 is 0 Å². The minimum absolute atomic E-state index is 0.0489. The summed E-state index contributed by atoms with van der Waals surface area (Å²) in [5, 5.41) is 18.7. The molecule has 2 amide bonds. The first-order chi connectivity index (χ1) is 17.4. The van der Waals surface area contributed by atoms with Crippen LogP contribution in [0, 0.1) is 0 Å². The van der Waals surface area contributed by atoms with Crippen LogP contribution in [0.5, 0.6) is 0 Å². The summed E-state index contributed by atoms with van der Waals surface area (Å²) in [5.74, 6) is 0.432. The van der Waals surface area contributed by atoms with Crippen molar-refractivity contribution in [2.45, 2.75) is 64.1 Å². The normalized spacial score (nSPS) is 19.7. The van der Waals surface area contributed by atoms with E-state index in [1.165, 1.54) is 18.4 Å². The average molecular weight is 490 g/mol. The lowest BCUT2D eigenvalue weighted by Crippen LogP contribution is -2.51. The first-order valence-electron chi connectivity index (χ1n) is 12.4. The Morgan fingerprint density at radius 2 is 1.89 bits per heavy atom. The van der Waals surface area contributed by atoms with E-state index in [0.29, 0.717) is 36.2 Å². The summed E-state index contributed by atoms with van der Waals surface area (Å²) in [7, 11) is 0. The molecule has 5 rings (SSSR count). The van der Waals surface area contributed by atoms with Crippen LogP contribution in [0.25, 0.3) is 0 Å². The summed E-state index contributed by atoms with van der Waals surface area (Å²) in [6, 6.07) is 7.98. The Hall–Kier alpha value is -4.02. The van der Waals surface area contributed by atoms with Crippen molar-refractivity contribution in [3.63, 3.8) is 0 Å². The number of hydrogen-bond donors (Lipinski definition) is 3. The van der Waals surface area contributed by atoms with Crippen LogP contribution < -0.4 is 21.3 Å². The quantitative estimate of drug-likeness (QED) is 0.438. The molecule has 1 aliphatic heterocycles. The molecule has 2 fully saturated rings. The van der Waals surface area contributed by atoms with E-state index in [-0.39, 0.29) is 29.5 Å². The second-order valence-corrected chi connectivity index (χ2v) is 9.53. The third kappa shape index (κ3) is 5.14. The molecule has 0 unspecified atom stereocenters. The van der Waals surface area contributed by atoms with Crippen LogP contribution in [0.2, 0.25) is 0 Å². The maximum atomic E-state index is 12.9. The van der Waals surface area contributed by atoms with Gasteiger partial charge in [0, 0.05) is 36.9 Å². The number of piperidine rings is 1. The van der Waals surface area contributed by atoms with Crippen molar-refractivity contribution in [2.24, 2.45) is 5.73 Å². The van der Waals surface area contributed by atoms with Crippen molar-refractivity contribution in [3.8, 4) is 0 Å². The van der Waals surface area contributed by atoms with Gasteiger partial charge in [-0.3, -0.25) is 14.3 Å². The Bertz CT molecular complexity index is 1250. The maximum absolute atomic E-state index is 12.9. The minimum atomic E-state index is -0.725. The van der Waals surface area contributed by atoms with E-state index in [0.717, 1.165) is 12.8 Å². The highest BCUT2D eigenvalue weighted by molar-refractivity contribution is 5.96. The summed E-state index contributed by atoms with van der Waals surface area (Å²) in [6.45, 7) is 5.29. The van der Waals surface area contributed by atoms with Gasteiger partial charge in [-0.2, -0.15) is 10.1 Å². The number of rotatable bonds is 8. The Morgan fingerprint density at radius 1 is 1.11 bits per heavy atom. The predicted octanol–water partition coefficient (Wildman–Crippen LogP) is 2.60. The number of aromatic nitrogens is 5. The fourth-order valence-corrected chi connectivity index (χ4v) is 4.53. The zero-order chi connectivity index (χ0) is 25.2. The SMILES string of the molecule is CCn1cc(Nc2nc(N3C[C@H](NC(=O)c4ccc(C5CC5)cc4)CC[C@@H]3C)nnc2C(N)=O)cn1. The number of nitrogens with two attached hydrogens (primary N) is 1. The van der Waals surface area contributed by atoms with Crippen molar-refractivity contribution in [3.05, 3.63) is 53.5 Å². The van der Waals surface area contributed by atoms with Crippen LogP contribution in [0.1, 0.15) is 71.9 Å². The number of carbonyl (C=O) groups excluding carboxylic acids is 2. The molecule has 36 heavy (non-hydrogen) atoms. The highest BCUT2D eigenvalue weighted by atomic mass is 16.2. The number of amides is 2. The molecule has 2 atom stereocenters. The topological polar surface area (TPSA) is 144 Å². The molecule has 3 heterocycles. The van der Waals surface area contributed by atoms with Gasteiger partial charge in [0.05, 0.1) is 11.9 Å². The predicted molar refractivity (Wildman–Crippen MR) is 135 cm³/mol. The molecule has 0 spiro atoms. The first-order valence-corrected chi connectivity index (χ1v) is 12.4. The molecule has 1 saturated heterocycles. The van der Waals surface area contributed by atoms with Gasteiger partial charge in [-0.05, 0) is 63.1 Å². The van der Waals surface area contributed by atoms with Gasteiger partial charge < -0.3 is 21.3 Å². The van der Waals surface area contributed by atoms with Gasteiger partial charge in [-0.25, -0.2) is 0 Å². The van der Waals surface area contributed by atoms with Gasteiger partial charge in [0.2, 0.25) is 5.95 Å². The molecule has 188 valence electrons. The van der Waals surface area contributed by atoms with E-state index in [9.17, 15) is 9.59 Å². The highest BCUT2D eigenvalue weighted by Crippen LogP contribution is 2.39. The molecule has 2 aromatic heterocycles. The van der Waals surface area contributed by atoms with E-state index < -0.39 is 5.91 Å². The Labute approximate surface area is 209 Å². The van der Waals surface area contributed by atoms with E-state index in [1.54, 1.807) is 17.1 Å². The Morgan fingerprint density at radius 3 is 2.56 bits per heavy atom. The Kier molecular flexibility index (Phi) is 6.53. The van der Waals surface area contributed by atoms with Crippen molar-refractivity contribution in [2.75, 3.05) is 16.8 Å². The molecule has 1 aliphatic carbocycles. The summed E-state index contributed by atoms with van der Waals surface area (Å²) >= 11 is 0. The molecule has 3 aromatic rings. The summed E-state index contributed by atoms with van der Waals surface area (Å²) in [5.41, 5.74) is 8.09. The molecule has 11 nitrogen and oxygen atoms in total. The number of nitrogens with one attached hydrogen (secondary N) is 2. The van der Waals surface area contributed by atoms with Gasteiger partial charge in [0.15, 0.2) is 11.5 Å². The lowest BCUT2D eigenvalue weighted by Gasteiger charge is -2.38. The number of anilines is 3. The minimum Gasteiger partial charge on any atom is -0.364 e. The second kappa shape index (κ2) is 9.92. The molecular formula is C25H31N9O2. The van der Waals surface area contributed by atoms with Gasteiger partial charge in [-0.1, -0.05) is 12.1 Å². The van der Waals surface area contributed by atoms with Crippen LogP contribution in [0.4, 0.5) is 17.5 Å². The summed E-state index contributed by atoms with van der Waals surface area (Å²) in [6.07, 6.45) is 7.61. The molecular weight excluding hydrogens is 458 g/mol. The van der Waals surface area contributed by atoms with E-state index in [2.05, 4.69) is 50.0 Å². The zero-order valence-electron chi connectivity index (χ0n) is 20.5. The van der Waals surface area contributed by atoms with E-state index in [4.69, 9.17) is 5.73 Å². The average Bonchev–Trinajstić information content (AvgIpc) is 3.64. The third-order valence-electron chi connectivity index (χ3n) is 6.82. The lowest BCUT2D eigenvalue weighted by atomic mass is 9.99.